The fraction of sp³-hybridized carbons (Fsp3) is 0.400. The Morgan fingerprint density at radius 3 is 2.80 bits per heavy atom. The first-order valence-corrected chi connectivity index (χ1v) is 7.79. The number of carbonyl (C=O) groups excluding carboxylic acids is 1. The zero-order valence-electron chi connectivity index (χ0n) is 11.5. The lowest BCUT2D eigenvalue weighted by molar-refractivity contribution is -0.129. The standard InChI is InChI=1S/C15H17N3OS/c1-11(15(19)18-8-4-5-9-18)20-14-12-6-2-3-7-13(12)16-10-17-14/h2-3,6-7,10-11H,4-5,8-9H2,1H3. The van der Waals surface area contributed by atoms with Gasteiger partial charge in [0.2, 0.25) is 5.91 Å². The quantitative estimate of drug-likeness (QED) is 0.643. The van der Waals surface area contributed by atoms with E-state index in [0.29, 0.717) is 0 Å². The van der Waals surface area contributed by atoms with Gasteiger partial charge in [0.05, 0.1) is 10.8 Å². The van der Waals surface area contributed by atoms with E-state index in [2.05, 4.69) is 9.97 Å². The van der Waals surface area contributed by atoms with Gasteiger partial charge in [0, 0.05) is 18.5 Å². The van der Waals surface area contributed by atoms with Gasteiger partial charge >= 0.3 is 0 Å². The summed E-state index contributed by atoms with van der Waals surface area (Å²) in [5, 5.41) is 1.79. The van der Waals surface area contributed by atoms with Crippen LogP contribution in [0.4, 0.5) is 0 Å². The summed E-state index contributed by atoms with van der Waals surface area (Å²) in [5.74, 6) is 0.218. The number of amides is 1. The minimum atomic E-state index is -0.105. The van der Waals surface area contributed by atoms with Crippen molar-refractivity contribution in [3.05, 3.63) is 30.6 Å². The van der Waals surface area contributed by atoms with Crippen LogP contribution in [0.1, 0.15) is 19.8 Å². The lowest BCUT2D eigenvalue weighted by Crippen LogP contribution is -2.34. The zero-order chi connectivity index (χ0) is 13.9. The molecule has 3 rings (SSSR count). The van der Waals surface area contributed by atoms with Gasteiger partial charge in [0.15, 0.2) is 0 Å². The number of carbonyl (C=O) groups is 1. The van der Waals surface area contributed by atoms with Crippen LogP contribution in [-0.2, 0) is 4.79 Å². The first kappa shape index (κ1) is 13.4. The second-order valence-electron chi connectivity index (χ2n) is 4.99. The smallest absolute Gasteiger partial charge is 0.235 e. The Labute approximate surface area is 122 Å². The highest BCUT2D eigenvalue weighted by atomic mass is 32.2. The van der Waals surface area contributed by atoms with Crippen molar-refractivity contribution in [2.75, 3.05) is 13.1 Å². The van der Waals surface area contributed by atoms with Crippen LogP contribution in [0.3, 0.4) is 0 Å². The van der Waals surface area contributed by atoms with Crippen LogP contribution < -0.4 is 0 Å². The second kappa shape index (κ2) is 5.79. The molecule has 1 saturated heterocycles. The molecule has 1 atom stereocenters. The van der Waals surface area contributed by atoms with Gasteiger partial charge in [0.25, 0.3) is 0 Å². The number of benzene rings is 1. The number of para-hydroxylation sites is 1. The third-order valence-electron chi connectivity index (χ3n) is 3.56. The van der Waals surface area contributed by atoms with Crippen LogP contribution in [0.25, 0.3) is 10.9 Å². The van der Waals surface area contributed by atoms with Crippen LogP contribution in [0.15, 0.2) is 35.6 Å². The highest BCUT2D eigenvalue weighted by Crippen LogP contribution is 2.29. The van der Waals surface area contributed by atoms with E-state index in [1.165, 1.54) is 11.8 Å². The van der Waals surface area contributed by atoms with Crippen LogP contribution in [0.5, 0.6) is 0 Å². The number of rotatable bonds is 3. The maximum Gasteiger partial charge on any atom is 0.235 e. The number of hydrogen-bond acceptors (Lipinski definition) is 4. The molecule has 1 amide bonds. The zero-order valence-corrected chi connectivity index (χ0v) is 12.3. The maximum atomic E-state index is 12.3. The number of thioether (sulfide) groups is 1. The van der Waals surface area contributed by atoms with Crippen molar-refractivity contribution in [3.63, 3.8) is 0 Å². The molecule has 1 fully saturated rings. The average molecular weight is 287 g/mol. The molecule has 0 saturated carbocycles. The third kappa shape index (κ3) is 2.63. The molecule has 0 aliphatic carbocycles. The topological polar surface area (TPSA) is 46.1 Å². The maximum absolute atomic E-state index is 12.3. The Morgan fingerprint density at radius 1 is 1.25 bits per heavy atom. The molecule has 1 aromatic heterocycles. The van der Waals surface area contributed by atoms with Crippen molar-refractivity contribution in [1.29, 1.82) is 0 Å². The molecule has 1 aliphatic rings. The van der Waals surface area contributed by atoms with E-state index in [0.717, 1.165) is 41.9 Å². The molecule has 2 aromatic rings. The number of hydrogen-bond donors (Lipinski definition) is 0. The van der Waals surface area contributed by atoms with Crippen molar-refractivity contribution in [2.24, 2.45) is 0 Å². The summed E-state index contributed by atoms with van der Waals surface area (Å²) in [5.41, 5.74) is 0.922. The molecular weight excluding hydrogens is 270 g/mol. The second-order valence-corrected chi connectivity index (χ2v) is 6.32. The van der Waals surface area contributed by atoms with E-state index in [1.54, 1.807) is 6.33 Å². The predicted octanol–water partition coefficient (Wildman–Crippen LogP) is 2.73. The van der Waals surface area contributed by atoms with E-state index in [9.17, 15) is 4.79 Å². The molecule has 0 radical (unpaired) electrons. The Bertz CT molecular complexity index is 620. The van der Waals surface area contributed by atoms with Crippen molar-refractivity contribution in [3.8, 4) is 0 Å². The molecule has 0 N–H and O–H groups in total. The highest BCUT2D eigenvalue weighted by molar-refractivity contribution is 8.00. The molecule has 0 spiro atoms. The molecule has 0 bridgehead atoms. The highest BCUT2D eigenvalue weighted by Gasteiger charge is 2.24. The summed E-state index contributed by atoms with van der Waals surface area (Å²) >= 11 is 1.53. The molecule has 2 heterocycles. The van der Waals surface area contributed by atoms with Gasteiger partial charge in [-0.1, -0.05) is 30.0 Å². The fourth-order valence-electron chi connectivity index (χ4n) is 2.49. The molecule has 1 aromatic carbocycles. The summed E-state index contributed by atoms with van der Waals surface area (Å²) < 4.78 is 0. The minimum Gasteiger partial charge on any atom is -0.342 e. The lowest BCUT2D eigenvalue weighted by atomic mass is 10.2. The summed E-state index contributed by atoms with van der Waals surface area (Å²) in [6.07, 6.45) is 3.82. The van der Waals surface area contributed by atoms with Crippen LogP contribution in [-0.4, -0.2) is 39.1 Å². The largest absolute Gasteiger partial charge is 0.342 e. The van der Waals surface area contributed by atoms with E-state index in [-0.39, 0.29) is 11.2 Å². The van der Waals surface area contributed by atoms with Crippen molar-refractivity contribution < 1.29 is 4.79 Å². The molecule has 1 aliphatic heterocycles. The SMILES string of the molecule is CC(Sc1ncnc2ccccc12)C(=O)N1CCCC1. The Hall–Kier alpha value is -1.62. The summed E-state index contributed by atoms with van der Waals surface area (Å²) in [6, 6.07) is 7.91. The fourth-order valence-corrected chi connectivity index (χ4v) is 3.48. The summed E-state index contributed by atoms with van der Waals surface area (Å²) in [7, 11) is 0. The normalized spacial score (nSPS) is 16.6. The van der Waals surface area contributed by atoms with Crippen LogP contribution in [0.2, 0.25) is 0 Å². The average Bonchev–Trinajstić information content (AvgIpc) is 3.01. The first-order chi connectivity index (χ1) is 9.75. The summed E-state index contributed by atoms with van der Waals surface area (Å²) in [4.78, 5) is 22.9. The molecule has 5 heteroatoms. The molecule has 1 unspecified atom stereocenters. The Kier molecular flexibility index (Phi) is 3.87. The van der Waals surface area contributed by atoms with Gasteiger partial charge in [0.1, 0.15) is 11.4 Å². The van der Waals surface area contributed by atoms with Crippen molar-refractivity contribution >= 4 is 28.6 Å². The number of likely N-dealkylation sites (tertiary alicyclic amines) is 1. The molecular formula is C15H17N3OS. The van der Waals surface area contributed by atoms with Gasteiger partial charge in [-0.3, -0.25) is 4.79 Å². The van der Waals surface area contributed by atoms with Crippen molar-refractivity contribution in [2.45, 2.75) is 30.0 Å². The number of aromatic nitrogens is 2. The minimum absolute atomic E-state index is 0.105. The lowest BCUT2D eigenvalue weighted by Gasteiger charge is -2.19. The van der Waals surface area contributed by atoms with Crippen LogP contribution >= 0.6 is 11.8 Å². The number of fused-ring (bicyclic) bond motifs is 1. The van der Waals surface area contributed by atoms with Crippen molar-refractivity contribution in [1.82, 2.24) is 14.9 Å². The van der Waals surface area contributed by atoms with Gasteiger partial charge in [-0.25, -0.2) is 9.97 Å². The van der Waals surface area contributed by atoms with Gasteiger partial charge in [-0.15, -0.1) is 0 Å². The molecule has 104 valence electrons. The van der Waals surface area contributed by atoms with E-state index in [4.69, 9.17) is 0 Å². The molecule has 20 heavy (non-hydrogen) atoms. The molecule has 4 nitrogen and oxygen atoms in total. The van der Waals surface area contributed by atoms with Gasteiger partial charge in [-0.05, 0) is 25.8 Å². The van der Waals surface area contributed by atoms with Gasteiger partial charge in [-0.2, -0.15) is 0 Å². The van der Waals surface area contributed by atoms with Gasteiger partial charge < -0.3 is 4.90 Å². The summed E-state index contributed by atoms with van der Waals surface area (Å²) in [6.45, 7) is 3.75. The Morgan fingerprint density at radius 2 is 2.00 bits per heavy atom. The van der Waals surface area contributed by atoms with E-state index in [1.807, 2.05) is 36.1 Å². The van der Waals surface area contributed by atoms with Crippen LogP contribution in [0, 0.1) is 0 Å². The van der Waals surface area contributed by atoms with E-state index < -0.39 is 0 Å². The first-order valence-electron chi connectivity index (χ1n) is 6.91. The Balaban J connectivity index is 1.80. The predicted molar refractivity (Wildman–Crippen MR) is 80.7 cm³/mol. The third-order valence-corrected chi connectivity index (χ3v) is 4.66. The van der Waals surface area contributed by atoms with E-state index >= 15 is 0 Å². The monoisotopic (exact) mass is 287 g/mol. The number of nitrogens with zero attached hydrogens (tertiary/aromatic N) is 3.